The van der Waals surface area contributed by atoms with Gasteiger partial charge in [0, 0.05) is 29.1 Å². The number of amides is 1. The van der Waals surface area contributed by atoms with Crippen LogP contribution in [0.5, 0.6) is 0 Å². The minimum absolute atomic E-state index is 0.191. The van der Waals surface area contributed by atoms with Crippen LogP contribution in [0.1, 0.15) is 56.3 Å². The van der Waals surface area contributed by atoms with Crippen molar-refractivity contribution in [3.63, 3.8) is 0 Å². The molecule has 1 amide bonds. The van der Waals surface area contributed by atoms with Crippen molar-refractivity contribution in [3.05, 3.63) is 35.5 Å². The highest BCUT2D eigenvalue weighted by Crippen LogP contribution is 2.39. The highest BCUT2D eigenvalue weighted by molar-refractivity contribution is 5.86. The van der Waals surface area contributed by atoms with Crippen LogP contribution in [-0.4, -0.2) is 35.9 Å². The van der Waals surface area contributed by atoms with Gasteiger partial charge in [0.25, 0.3) is 0 Å². The maximum Gasteiger partial charge on any atom is 0.226 e. The van der Waals surface area contributed by atoms with Crippen LogP contribution in [0.2, 0.25) is 0 Å². The van der Waals surface area contributed by atoms with Crippen molar-refractivity contribution >= 4 is 16.8 Å². The van der Waals surface area contributed by atoms with E-state index < -0.39 is 0 Å². The molecule has 2 aliphatic rings. The summed E-state index contributed by atoms with van der Waals surface area (Å²) in [6, 6.07) is 8.74. The average Bonchev–Trinajstić information content (AvgIpc) is 3.06. The fourth-order valence-corrected chi connectivity index (χ4v) is 5.26. The number of nitrogens with zero attached hydrogens (tertiary/aromatic N) is 1. The number of benzene rings is 1. The van der Waals surface area contributed by atoms with E-state index in [-0.39, 0.29) is 12.0 Å². The van der Waals surface area contributed by atoms with Crippen LogP contribution in [0.4, 0.5) is 0 Å². The number of H-pyrrole nitrogens is 1. The summed E-state index contributed by atoms with van der Waals surface area (Å²) in [6.07, 6.45) is 6.62. The molecule has 1 saturated carbocycles. The highest BCUT2D eigenvalue weighted by Gasteiger charge is 2.38. The number of para-hydroxylation sites is 1. The summed E-state index contributed by atoms with van der Waals surface area (Å²) in [5, 5.41) is 4.64. The molecule has 3 unspecified atom stereocenters. The molecule has 1 aliphatic heterocycles. The first kappa shape index (κ1) is 17.6. The van der Waals surface area contributed by atoms with E-state index in [1.807, 2.05) is 7.05 Å². The van der Waals surface area contributed by atoms with Crippen LogP contribution in [0.25, 0.3) is 10.9 Å². The zero-order valence-corrected chi connectivity index (χ0v) is 16.1. The Kier molecular flexibility index (Phi) is 5.03. The molecule has 0 spiro atoms. The summed E-state index contributed by atoms with van der Waals surface area (Å²) in [7, 11) is 2.00. The van der Waals surface area contributed by atoms with Gasteiger partial charge >= 0.3 is 0 Å². The van der Waals surface area contributed by atoms with Crippen LogP contribution < -0.4 is 5.32 Å². The van der Waals surface area contributed by atoms with Gasteiger partial charge in [0.1, 0.15) is 0 Å². The fourth-order valence-electron chi connectivity index (χ4n) is 5.26. The molecule has 4 heteroatoms. The first-order valence-electron chi connectivity index (χ1n) is 10.3. The molecule has 1 fully saturated rings. The Morgan fingerprint density at radius 3 is 2.88 bits per heavy atom. The predicted molar refractivity (Wildman–Crippen MR) is 106 cm³/mol. The van der Waals surface area contributed by atoms with Gasteiger partial charge in [-0.3, -0.25) is 4.79 Å². The number of fused-ring (bicyclic) bond motifs is 3. The second kappa shape index (κ2) is 7.43. The zero-order chi connectivity index (χ0) is 18.1. The van der Waals surface area contributed by atoms with Gasteiger partial charge in [-0.05, 0) is 56.8 Å². The lowest BCUT2D eigenvalue weighted by atomic mass is 9.77. The van der Waals surface area contributed by atoms with E-state index in [1.165, 1.54) is 41.4 Å². The van der Waals surface area contributed by atoms with E-state index >= 15 is 0 Å². The Morgan fingerprint density at radius 2 is 2.08 bits per heavy atom. The maximum absolute atomic E-state index is 13.5. The van der Waals surface area contributed by atoms with Crippen molar-refractivity contribution in [2.24, 2.45) is 11.8 Å². The summed E-state index contributed by atoms with van der Waals surface area (Å²) in [4.78, 5) is 19.3. The van der Waals surface area contributed by atoms with Gasteiger partial charge in [0.15, 0.2) is 0 Å². The average molecular weight is 354 g/mol. The molecule has 2 heterocycles. The molecule has 1 aromatic carbocycles. The maximum atomic E-state index is 13.5. The largest absolute Gasteiger partial charge is 0.356 e. The molecule has 2 aromatic rings. The molecule has 1 aliphatic carbocycles. The molecule has 26 heavy (non-hydrogen) atoms. The van der Waals surface area contributed by atoms with Crippen molar-refractivity contribution < 1.29 is 4.79 Å². The lowest BCUT2D eigenvalue weighted by Crippen LogP contribution is -2.46. The smallest absolute Gasteiger partial charge is 0.226 e. The lowest BCUT2D eigenvalue weighted by Gasteiger charge is -2.40. The Labute approximate surface area is 156 Å². The van der Waals surface area contributed by atoms with Crippen LogP contribution in [0.3, 0.4) is 0 Å². The Balaban J connectivity index is 1.63. The first-order chi connectivity index (χ1) is 12.7. The van der Waals surface area contributed by atoms with Crippen LogP contribution in [0, 0.1) is 11.8 Å². The van der Waals surface area contributed by atoms with E-state index in [2.05, 4.69) is 46.4 Å². The summed E-state index contributed by atoms with van der Waals surface area (Å²) in [5.41, 5.74) is 3.90. The summed E-state index contributed by atoms with van der Waals surface area (Å²) >= 11 is 0. The number of hydrogen-bond acceptors (Lipinski definition) is 2. The van der Waals surface area contributed by atoms with Crippen molar-refractivity contribution in [1.82, 2.24) is 15.2 Å². The van der Waals surface area contributed by atoms with Gasteiger partial charge in [0.05, 0.1) is 6.04 Å². The molecule has 1 aromatic heterocycles. The number of aromatic nitrogens is 1. The second-order valence-electron chi connectivity index (χ2n) is 7.98. The molecule has 140 valence electrons. The predicted octanol–water partition coefficient (Wildman–Crippen LogP) is 4.03. The quantitative estimate of drug-likeness (QED) is 0.872. The zero-order valence-electron chi connectivity index (χ0n) is 16.1. The molecule has 3 atom stereocenters. The molecule has 0 radical (unpaired) electrons. The van der Waals surface area contributed by atoms with Gasteiger partial charge in [-0.1, -0.05) is 38.0 Å². The molecular formula is C22H31N3O. The van der Waals surface area contributed by atoms with E-state index in [1.54, 1.807) is 0 Å². The standard InChI is InChI=1S/C22H31N3O/c1-3-20-21-18(17-10-6-7-11-19(17)24-21)12-13-25(20)22(26)16-9-5-4-8-15(16)14-23-2/h6-7,10-11,15-16,20,23-24H,3-5,8-9,12-14H2,1-2H3. The van der Waals surface area contributed by atoms with Crippen molar-refractivity contribution in [2.45, 2.75) is 51.5 Å². The SMILES string of the molecule is CCC1c2[nH]c3ccccc3c2CCN1C(=O)C1CCCCC1CNC. The normalized spacial score (nSPS) is 26.1. The minimum atomic E-state index is 0.191. The van der Waals surface area contributed by atoms with Gasteiger partial charge in [0.2, 0.25) is 5.91 Å². The molecule has 0 bridgehead atoms. The van der Waals surface area contributed by atoms with Crippen molar-refractivity contribution in [3.8, 4) is 0 Å². The van der Waals surface area contributed by atoms with Crippen LogP contribution in [-0.2, 0) is 11.2 Å². The van der Waals surface area contributed by atoms with Gasteiger partial charge in [-0.15, -0.1) is 0 Å². The van der Waals surface area contributed by atoms with E-state index in [9.17, 15) is 4.79 Å². The van der Waals surface area contributed by atoms with E-state index in [0.717, 1.165) is 32.4 Å². The van der Waals surface area contributed by atoms with Gasteiger partial charge in [-0.2, -0.15) is 0 Å². The molecule has 4 rings (SSSR count). The molecule has 2 N–H and O–H groups in total. The number of carbonyl (C=O) groups excluding carboxylic acids is 1. The first-order valence-corrected chi connectivity index (χ1v) is 10.3. The lowest BCUT2D eigenvalue weighted by molar-refractivity contribution is -0.141. The number of carbonyl (C=O) groups is 1. The number of nitrogens with one attached hydrogen (secondary N) is 2. The van der Waals surface area contributed by atoms with Gasteiger partial charge in [-0.25, -0.2) is 0 Å². The number of aromatic amines is 1. The van der Waals surface area contributed by atoms with Crippen LogP contribution in [0.15, 0.2) is 24.3 Å². The summed E-state index contributed by atoms with van der Waals surface area (Å²) in [6.45, 7) is 4.02. The Bertz CT molecular complexity index is 779. The third kappa shape index (κ3) is 2.94. The van der Waals surface area contributed by atoms with E-state index in [4.69, 9.17) is 0 Å². The third-order valence-electron chi connectivity index (χ3n) is 6.52. The van der Waals surface area contributed by atoms with Gasteiger partial charge < -0.3 is 15.2 Å². The minimum Gasteiger partial charge on any atom is -0.356 e. The summed E-state index contributed by atoms with van der Waals surface area (Å²) < 4.78 is 0. The second-order valence-corrected chi connectivity index (χ2v) is 7.98. The topological polar surface area (TPSA) is 48.1 Å². The van der Waals surface area contributed by atoms with Crippen molar-refractivity contribution in [1.29, 1.82) is 0 Å². The van der Waals surface area contributed by atoms with Crippen LogP contribution >= 0.6 is 0 Å². The molecule has 0 saturated heterocycles. The highest BCUT2D eigenvalue weighted by atomic mass is 16.2. The Morgan fingerprint density at radius 1 is 1.27 bits per heavy atom. The summed E-state index contributed by atoms with van der Waals surface area (Å²) in [5.74, 6) is 1.07. The van der Waals surface area contributed by atoms with E-state index in [0.29, 0.717) is 11.8 Å². The Hall–Kier alpha value is -1.81. The monoisotopic (exact) mass is 353 g/mol. The molecular weight excluding hydrogens is 322 g/mol. The van der Waals surface area contributed by atoms with Crippen molar-refractivity contribution in [2.75, 3.05) is 20.1 Å². The fraction of sp³-hybridized carbons (Fsp3) is 0.591. The molecule has 4 nitrogen and oxygen atoms in total. The number of rotatable bonds is 4. The third-order valence-corrected chi connectivity index (χ3v) is 6.52. The number of hydrogen-bond donors (Lipinski definition) is 2.